The van der Waals surface area contributed by atoms with Gasteiger partial charge in [-0.3, -0.25) is 9.59 Å². The molecule has 5 nitrogen and oxygen atoms in total. The fourth-order valence-electron chi connectivity index (χ4n) is 3.25. The monoisotopic (exact) mass is 339 g/mol. The van der Waals surface area contributed by atoms with Crippen LogP contribution in [0.15, 0.2) is 35.1 Å². The molecule has 0 saturated heterocycles. The average molecular weight is 339 g/mol. The van der Waals surface area contributed by atoms with E-state index in [0.717, 1.165) is 24.8 Å². The molecule has 1 aromatic carbocycles. The molecular weight excluding hydrogens is 322 g/mol. The van der Waals surface area contributed by atoms with Crippen molar-refractivity contribution in [3.63, 3.8) is 0 Å². The normalized spacial score (nSPS) is 17.0. The first kappa shape index (κ1) is 15.2. The highest BCUT2D eigenvalue weighted by atomic mass is 32.1. The van der Waals surface area contributed by atoms with E-state index in [2.05, 4.69) is 17.2 Å². The Kier molecular flexibility index (Phi) is 3.76. The first-order valence-electron chi connectivity index (χ1n) is 8.10. The number of Topliss-reactive ketones (excluding diaryl/α,β-unsaturated/α-hetero) is 1. The minimum absolute atomic E-state index is 0.0766. The zero-order chi connectivity index (χ0) is 16.7. The molecule has 0 bridgehead atoms. The molecule has 0 unspecified atom stereocenters. The van der Waals surface area contributed by atoms with Gasteiger partial charge >= 0.3 is 0 Å². The summed E-state index contributed by atoms with van der Waals surface area (Å²) in [6.07, 6.45) is 2.99. The first-order valence-corrected chi connectivity index (χ1v) is 8.91. The molecule has 0 aliphatic heterocycles. The van der Waals surface area contributed by atoms with Gasteiger partial charge < -0.3 is 0 Å². The number of hydrogen-bond donors (Lipinski definition) is 0. The van der Waals surface area contributed by atoms with Gasteiger partial charge in [-0.25, -0.2) is 4.68 Å². The summed E-state index contributed by atoms with van der Waals surface area (Å²) in [5, 5.41) is 8.84. The quantitative estimate of drug-likeness (QED) is 0.688. The summed E-state index contributed by atoms with van der Waals surface area (Å²) in [5.74, 6) is 0.504. The predicted octanol–water partition coefficient (Wildman–Crippen LogP) is 2.86. The van der Waals surface area contributed by atoms with E-state index in [1.807, 2.05) is 6.07 Å². The van der Waals surface area contributed by atoms with Crippen LogP contribution in [0.4, 0.5) is 0 Å². The number of nitrogens with zero attached hydrogens (tertiary/aromatic N) is 3. The Balaban J connectivity index is 1.74. The molecule has 1 aliphatic carbocycles. The van der Waals surface area contributed by atoms with Crippen molar-refractivity contribution < 1.29 is 4.79 Å². The van der Waals surface area contributed by atoms with Crippen molar-refractivity contribution in [3.8, 4) is 0 Å². The highest BCUT2D eigenvalue weighted by Gasteiger charge is 2.24. The van der Waals surface area contributed by atoms with E-state index in [0.29, 0.717) is 21.7 Å². The van der Waals surface area contributed by atoms with Gasteiger partial charge in [0.25, 0.3) is 5.56 Å². The molecule has 2 heterocycles. The Labute approximate surface area is 142 Å². The molecule has 0 spiro atoms. The second-order valence-electron chi connectivity index (χ2n) is 6.37. The Morgan fingerprint density at radius 3 is 2.92 bits per heavy atom. The molecule has 2 aromatic heterocycles. The smallest absolute Gasteiger partial charge is 0.279 e. The maximum absolute atomic E-state index is 12.8. The maximum Gasteiger partial charge on any atom is 0.279 e. The van der Waals surface area contributed by atoms with Crippen molar-refractivity contribution in [1.82, 2.24) is 15.0 Å². The van der Waals surface area contributed by atoms with Crippen LogP contribution in [0.3, 0.4) is 0 Å². The number of benzene rings is 1. The fourth-order valence-corrected chi connectivity index (χ4v) is 4.56. The SMILES string of the molecule is C[C@@H]1CCc2c(sc3nnn(CC(=O)c4ccccc4)c(=O)c23)C1. The summed E-state index contributed by atoms with van der Waals surface area (Å²) in [6.45, 7) is 2.16. The number of rotatable bonds is 3. The summed E-state index contributed by atoms with van der Waals surface area (Å²) >= 11 is 1.57. The van der Waals surface area contributed by atoms with Gasteiger partial charge in [0.15, 0.2) is 10.6 Å². The minimum atomic E-state index is -0.198. The number of carbonyl (C=O) groups excluding carboxylic acids is 1. The van der Waals surface area contributed by atoms with E-state index < -0.39 is 0 Å². The second kappa shape index (κ2) is 5.94. The molecule has 24 heavy (non-hydrogen) atoms. The average Bonchev–Trinajstić information content (AvgIpc) is 2.96. The maximum atomic E-state index is 12.8. The third kappa shape index (κ3) is 2.57. The molecule has 0 fully saturated rings. The number of carbonyl (C=O) groups is 1. The molecule has 1 aliphatic rings. The van der Waals surface area contributed by atoms with Crippen molar-refractivity contribution >= 4 is 27.3 Å². The summed E-state index contributed by atoms with van der Waals surface area (Å²) in [7, 11) is 0. The van der Waals surface area contributed by atoms with Gasteiger partial charge in [0.05, 0.1) is 5.39 Å². The molecule has 122 valence electrons. The number of fused-ring (bicyclic) bond motifs is 3. The molecule has 0 N–H and O–H groups in total. The van der Waals surface area contributed by atoms with Crippen molar-refractivity contribution in [1.29, 1.82) is 0 Å². The Hall–Kier alpha value is -2.34. The number of aromatic nitrogens is 3. The Bertz CT molecular complexity index is 975. The van der Waals surface area contributed by atoms with E-state index >= 15 is 0 Å². The van der Waals surface area contributed by atoms with Gasteiger partial charge in [-0.15, -0.1) is 16.4 Å². The van der Waals surface area contributed by atoms with Gasteiger partial charge in [0.1, 0.15) is 6.54 Å². The van der Waals surface area contributed by atoms with Crippen LogP contribution in [0.25, 0.3) is 10.2 Å². The lowest BCUT2D eigenvalue weighted by Crippen LogP contribution is -2.28. The summed E-state index contributed by atoms with van der Waals surface area (Å²) < 4.78 is 1.20. The molecule has 0 saturated carbocycles. The van der Waals surface area contributed by atoms with Crippen molar-refractivity contribution in [3.05, 3.63) is 56.7 Å². The van der Waals surface area contributed by atoms with E-state index in [9.17, 15) is 9.59 Å². The van der Waals surface area contributed by atoms with Crippen molar-refractivity contribution in [2.24, 2.45) is 5.92 Å². The van der Waals surface area contributed by atoms with Crippen LogP contribution < -0.4 is 5.56 Å². The van der Waals surface area contributed by atoms with Crippen molar-refractivity contribution in [2.45, 2.75) is 32.7 Å². The second-order valence-corrected chi connectivity index (χ2v) is 7.46. The lowest BCUT2D eigenvalue weighted by atomic mass is 9.89. The number of hydrogen-bond acceptors (Lipinski definition) is 5. The zero-order valence-corrected chi connectivity index (χ0v) is 14.2. The van der Waals surface area contributed by atoms with Crippen LogP contribution in [0.2, 0.25) is 0 Å². The summed E-state index contributed by atoms with van der Waals surface area (Å²) in [5.41, 5.74) is 1.50. The highest BCUT2D eigenvalue weighted by molar-refractivity contribution is 7.18. The van der Waals surface area contributed by atoms with Gasteiger partial charge in [-0.2, -0.15) is 0 Å². The third-order valence-electron chi connectivity index (χ3n) is 4.57. The molecule has 4 rings (SSSR count). The van der Waals surface area contributed by atoms with E-state index in [1.54, 1.807) is 35.6 Å². The Morgan fingerprint density at radius 2 is 2.12 bits per heavy atom. The predicted molar refractivity (Wildman–Crippen MR) is 93.6 cm³/mol. The van der Waals surface area contributed by atoms with E-state index in [1.165, 1.54) is 9.56 Å². The molecule has 0 amide bonds. The fraction of sp³-hybridized carbons (Fsp3) is 0.333. The van der Waals surface area contributed by atoms with Crippen molar-refractivity contribution in [2.75, 3.05) is 0 Å². The number of thiophene rings is 1. The van der Waals surface area contributed by atoms with Crippen LogP contribution in [0.5, 0.6) is 0 Å². The van der Waals surface area contributed by atoms with Gasteiger partial charge in [-0.1, -0.05) is 42.5 Å². The van der Waals surface area contributed by atoms with Crippen LogP contribution >= 0.6 is 11.3 Å². The van der Waals surface area contributed by atoms with Gasteiger partial charge in [0, 0.05) is 10.4 Å². The molecular formula is C18H17N3O2S. The molecule has 0 radical (unpaired) electrons. The van der Waals surface area contributed by atoms with Gasteiger partial charge in [-0.05, 0) is 30.7 Å². The molecule has 3 aromatic rings. The van der Waals surface area contributed by atoms with E-state index in [4.69, 9.17) is 0 Å². The third-order valence-corrected chi connectivity index (χ3v) is 5.71. The van der Waals surface area contributed by atoms with E-state index in [-0.39, 0.29) is 17.9 Å². The Morgan fingerprint density at radius 1 is 1.33 bits per heavy atom. The highest BCUT2D eigenvalue weighted by Crippen LogP contribution is 2.35. The van der Waals surface area contributed by atoms with Crippen LogP contribution in [-0.4, -0.2) is 20.8 Å². The van der Waals surface area contributed by atoms with Crippen LogP contribution in [-0.2, 0) is 19.4 Å². The summed E-state index contributed by atoms with van der Waals surface area (Å²) in [4.78, 5) is 27.1. The van der Waals surface area contributed by atoms with Crippen LogP contribution in [0.1, 0.15) is 34.1 Å². The van der Waals surface area contributed by atoms with Crippen LogP contribution in [0, 0.1) is 5.92 Å². The molecule has 6 heteroatoms. The van der Waals surface area contributed by atoms with Gasteiger partial charge in [0.2, 0.25) is 0 Å². The topological polar surface area (TPSA) is 64.8 Å². The molecule has 1 atom stereocenters. The zero-order valence-electron chi connectivity index (χ0n) is 13.4. The lowest BCUT2D eigenvalue weighted by molar-refractivity contribution is 0.0964. The lowest BCUT2D eigenvalue weighted by Gasteiger charge is -2.17. The first-order chi connectivity index (χ1) is 11.6. The summed E-state index contributed by atoms with van der Waals surface area (Å²) in [6, 6.07) is 8.95. The minimum Gasteiger partial charge on any atom is -0.292 e. The number of aryl methyl sites for hydroxylation is 1. The largest absolute Gasteiger partial charge is 0.292 e. The number of ketones is 1. The standard InChI is InChI=1S/C18H17N3O2S/c1-11-7-8-13-15(9-11)24-17-16(13)18(23)21(20-19-17)10-14(22)12-5-3-2-4-6-12/h2-6,11H,7-10H2,1H3/t11-/m1/s1.